The fourth-order valence-corrected chi connectivity index (χ4v) is 3.23. The Balaban J connectivity index is 2.17. The molecule has 2 nitrogen and oxygen atoms in total. The van der Waals surface area contributed by atoms with Crippen LogP contribution < -0.4 is 5.32 Å². The Morgan fingerprint density at radius 2 is 1.89 bits per heavy atom. The van der Waals surface area contributed by atoms with E-state index in [0.717, 1.165) is 24.3 Å². The number of hydrogen-bond acceptors (Lipinski definition) is 2. The molecule has 0 aliphatic carbocycles. The van der Waals surface area contributed by atoms with Crippen molar-refractivity contribution < 1.29 is 0 Å². The molecule has 0 radical (unpaired) electrons. The first-order valence-electron chi connectivity index (χ1n) is 8.54. The maximum absolute atomic E-state index is 3.59. The Hall–Kier alpha value is -0.0800. The van der Waals surface area contributed by atoms with Gasteiger partial charge >= 0.3 is 0 Å². The van der Waals surface area contributed by atoms with Crippen LogP contribution in [0.5, 0.6) is 0 Å². The zero-order valence-corrected chi connectivity index (χ0v) is 13.8. The van der Waals surface area contributed by atoms with Gasteiger partial charge in [0.15, 0.2) is 0 Å². The highest BCUT2D eigenvalue weighted by Crippen LogP contribution is 2.22. The normalized spacial score (nSPS) is 23.5. The zero-order valence-electron chi connectivity index (χ0n) is 13.8. The van der Waals surface area contributed by atoms with Crippen molar-refractivity contribution in [2.24, 2.45) is 17.8 Å². The van der Waals surface area contributed by atoms with Crippen molar-refractivity contribution in [2.45, 2.75) is 59.8 Å². The lowest BCUT2D eigenvalue weighted by Crippen LogP contribution is -2.35. The molecular formula is C17H36N2. The van der Waals surface area contributed by atoms with Gasteiger partial charge < -0.3 is 10.2 Å². The molecule has 19 heavy (non-hydrogen) atoms. The molecular weight excluding hydrogens is 232 g/mol. The van der Waals surface area contributed by atoms with E-state index in [1.807, 2.05) is 0 Å². The maximum atomic E-state index is 3.59. The molecule has 0 bridgehead atoms. The van der Waals surface area contributed by atoms with Crippen molar-refractivity contribution in [2.75, 3.05) is 32.7 Å². The topological polar surface area (TPSA) is 15.3 Å². The number of hydrogen-bond donors (Lipinski definition) is 1. The largest absolute Gasteiger partial charge is 0.316 e. The summed E-state index contributed by atoms with van der Waals surface area (Å²) >= 11 is 0. The molecule has 0 amide bonds. The monoisotopic (exact) mass is 268 g/mol. The van der Waals surface area contributed by atoms with E-state index in [9.17, 15) is 0 Å². The minimum atomic E-state index is 0.764. The highest BCUT2D eigenvalue weighted by molar-refractivity contribution is 4.72. The summed E-state index contributed by atoms with van der Waals surface area (Å²) in [6.45, 7) is 15.5. The van der Waals surface area contributed by atoms with Gasteiger partial charge in [-0.3, -0.25) is 0 Å². The van der Waals surface area contributed by atoms with E-state index in [-0.39, 0.29) is 0 Å². The highest BCUT2D eigenvalue weighted by Gasteiger charge is 2.17. The van der Waals surface area contributed by atoms with Crippen molar-refractivity contribution in [1.29, 1.82) is 0 Å². The summed E-state index contributed by atoms with van der Waals surface area (Å²) in [5.74, 6) is 2.55. The SMILES string of the molecule is CCCC1CCCN(CC(C)CNCC(C)C)CC1. The second kappa shape index (κ2) is 9.77. The Morgan fingerprint density at radius 1 is 1.11 bits per heavy atom. The lowest BCUT2D eigenvalue weighted by Gasteiger charge is -2.24. The van der Waals surface area contributed by atoms with Crippen LogP contribution in [-0.4, -0.2) is 37.6 Å². The number of rotatable bonds is 8. The molecule has 1 rings (SSSR count). The Labute approximate surface area is 121 Å². The minimum absolute atomic E-state index is 0.764. The number of nitrogens with zero attached hydrogens (tertiary/aromatic N) is 1. The molecule has 114 valence electrons. The van der Waals surface area contributed by atoms with Gasteiger partial charge in [0.1, 0.15) is 0 Å². The summed E-state index contributed by atoms with van der Waals surface area (Å²) < 4.78 is 0. The average Bonchev–Trinajstić information content (AvgIpc) is 2.55. The van der Waals surface area contributed by atoms with Crippen LogP contribution in [0.25, 0.3) is 0 Å². The fraction of sp³-hybridized carbons (Fsp3) is 1.00. The summed E-state index contributed by atoms with van der Waals surface area (Å²) in [5.41, 5.74) is 0. The standard InChI is InChI=1S/C17H36N2/c1-5-7-17-8-6-10-19(11-9-17)14-16(4)13-18-12-15(2)3/h15-18H,5-14H2,1-4H3. The maximum Gasteiger partial charge on any atom is 0.00191 e. The van der Waals surface area contributed by atoms with Crippen LogP contribution in [0.1, 0.15) is 59.8 Å². The lowest BCUT2D eigenvalue weighted by atomic mass is 9.96. The van der Waals surface area contributed by atoms with E-state index in [1.54, 1.807) is 0 Å². The summed E-state index contributed by atoms with van der Waals surface area (Å²) in [6.07, 6.45) is 7.11. The number of nitrogens with one attached hydrogen (secondary N) is 1. The third-order valence-corrected chi connectivity index (χ3v) is 4.25. The van der Waals surface area contributed by atoms with E-state index in [4.69, 9.17) is 0 Å². The first-order chi connectivity index (χ1) is 9.11. The van der Waals surface area contributed by atoms with Crippen LogP contribution in [0.15, 0.2) is 0 Å². The molecule has 1 fully saturated rings. The van der Waals surface area contributed by atoms with Gasteiger partial charge in [0, 0.05) is 6.54 Å². The third kappa shape index (κ3) is 7.94. The van der Waals surface area contributed by atoms with Crippen molar-refractivity contribution >= 4 is 0 Å². The quantitative estimate of drug-likeness (QED) is 0.721. The van der Waals surface area contributed by atoms with Gasteiger partial charge in [-0.05, 0) is 63.2 Å². The van der Waals surface area contributed by atoms with Crippen LogP contribution in [0.2, 0.25) is 0 Å². The molecule has 2 heteroatoms. The summed E-state index contributed by atoms with van der Waals surface area (Å²) in [7, 11) is 0. The Morgan fingerprint density at radius 3 is 2.58 bits per heavy atom. The smallest absolute Gasteiger partial charge is 0.00191 e. The van der Waals surface area contributed by atoms with Gasteiger partial charge in [-0.1, -0.05) is 40.5 Å². The van der Waals surface area contributed by atoms with E-state index >= 15 is 0 Å². The minimum Gasteiger partial charge on any atom is -0.316 e. The second-order valence-electron chi connectivity index (χ2n) is 7.04. The molecule has 0 aromatic carbocycles. The van der Waals surface area contributed by atoms with E-state index in [1.165, 1.54) is 58.3 Å². The van der Waals surface area contributed by atoms with Crippen molar-refractivity contribution in [3.8, 4) is 0 Å². The predicted octanol–water partition coefficient (Wildman–Crippen LogP) is 3.77. The third-order valence-electron chi connectivity index (χ3n) is 4.25. The molecule has 1 saturated heterocycles. The van der Waals surface area contributed by atoms with E-state index < -0.39 is 0 Å². The molecule has 2 unspecified atom stereocenters. The van der Waals surface area contributed by atoms with Gasteiger partial charge in [-0.15, -0.1) is 0 Å². The highest BCUT2D eigenvalue weighted by atomic mass is 15.1. The van der Waals surface area contributed by atoms with Crippen molar-refractivity contribution in [1.82, 2.24) is 10.2 Å². The second-order valence-corrected chi connectivity index (χ2v) is 7.04. The molecule has 1 heterocycles. The van der Waals surface area contributed by atoms with Crippen molar-refractivity contribution in [3.63, 3.8) is 0 Å². The van der Waals surface area contributed by atoms with Gasteiger partial charge in [0.05, 0.1) is 0 Å². The molecule has 0 aromatic heterocycles. The molecule has 0 aromatic rings. The molecule has 2 atom stereocenters. The van der Waals surface area contributed by atoms with Crippen molar-refractivity contribution in [3.05, 3.63) is 0 Å². The molecule has 0 spiro atoms. The van der Waals surface area contributed by atoms with E-state index in [0.29, 0.717) is 0 Å². The van der Waals surface area contributed by atoms with Gasteiger partial charge in [0.25, 0.3) is 0 Å². The van der Waals surface area contributed by atoms with Crippen LogP contribution in [-0.2, 0) is 0 Å². The van der Waals surface area contributed by atoms with Crippen LogP contribution in [0.3, 0.4) is 0 Å². The lowest BCUT2D eigenvalue weighted by molar-refractivity contribution is 0.238. The molecule has 1 aliphatic rings. The van der Waals surface area contributed by atoms with Crippen LogP contribution in [0, 0.1) is 17.8 Å². The number of likely N-dealkylation sites (tertiary alicyclic amines) is 1. The predicted molar refractivity (Wildman–Crippen MR) is 85.6 cm³/mol. The fourth-order valence-electron chi connectivity index (χ4n) is 3.23. The van der Waals surface area contributed by atoms with Gasteiger partial charge in [0.2, 0.25) is 0 Å². The van der Waals surface area contributed by atoms with Crippen LogP contribution in [0.4, 0.5) is 0 Å². The molecule has 0 saturated carbocycles. The Kier molecular flexibility index (Phi) is 8.72. The zero-order chi connectivity index (χ0) is 14.1. The summed E-state index contributed by atoms with van der Waals surface area (Å²) in [6, 6.07) is 0. The van der Waals surface area contributed by atoms with Gasteiger partial charge in [-0.2, -0.15) is 0 Å². The Bertz CT molecular complexity index is 215. The molecule has 1 N–H and O–H groups in total. The summed E-state index contributed by atoms with van der Waals surface area (Å²) in [5, 5.41) is 3.59. The molecule has 1 aliphatic heterocycles. The average molecular weight is 268 g/mol. The van der Waals surface area contributed by atoms with E-state index in [2.05, 4.69) is 37.9 Å². The first-order valence-corrected chi connectivity index (χ1v) is 8.54. The van der Waals surface area contributed by atoms with Crippen LogP contribution >= 0.6 is 0 Å². The van der Waals surface area contributed by atoms with Gasteiger partial charge in [-0.25, -0.2) is 0 Å². The first kappa shape index (κ1) is 17.0. The summed E-state index contributed by atoms with van der Waals surface area (Å²) in [4.78, 5) is 2.71.